The molecule has 9 heteroatoms. The molecule has 0 aromatic rings. The third kappa shape index (κ3) is 31.5. The standard InChI is InChI=1S/4C5H10O2.Pt/c4*1-5(2,3)4(6)7;/h4*1-3H3,(H,6,7);. The Kier molecular flexibility index (Phi) is 19.1. The van der Waals surface area contributed by atoms with Crippen LogP contribution < -0.4 is 0 Å². The summed E-state index contributed by atoms with van der Waals surface area (Å²) in [7, 11) is 0. The molecule has 0 amide bonds. The molecule has 0 unspecified atom stereocenters. The first-order valence-corrected chi connectivity index (χ1v) is 8.71. The molecular weight excluding hydrogens is 563 g/mol. The number of hydrogen-bond donors (Lipinski definition) is 4. The van der Waals surface area contributed by atoms with Crippen LogP contribution in [0.15, 0.2) is 0 Å². The molecule has 0 aromatic carbocycles. The fourth-order valence-electron chi connectivity index (χ4n) is 0. The van der Waals surface area contributed by atoms with Gasteiger partial charge in [-0.15, -0.1) is 0 Å². The Morgan fingerprint density at radius 1 is 0.379 bits per heavy atom. The van der Waals surface area contributed by atoms with Crippen LogP contribution in [0.25, 0.3) is 0 Å². The average Bonchev–Trinajstić information content (AvgIpc) is 2.35. The van der Waals surface area contributed by atoms with Crippen molar-refractivity contribution < 1.29 is 60.7 Å². The van der Waals surface area contributed by atoms with Gasteiger partial charge in [-0.05, 0) is 83.1 Å². The number of rotatable bonds is 0. The van der Waals surface area contributed by atoms with Crippen molar-refractivity contribution in [2.75, 3.05) is 0 Å². The topological polar surface area (TPSA) is 149 Å². The van der Waals surface area contributed by atoms with Crippen LogP contribution in [0.4, 0.5) is 0 Å². The Balaban J connectivity index is -0.0000000873. The smallest absolute Gasteiger partial charge is 0.308 e. The van der Waals surface area contributed by atoms with E-state index < -0.39 is 45.5 Å². The summed E-state index contributed by atoms with van der Waals surface area (Å²) in [6.07, 6.45) is 0. The second-order valence-electron chi connectivity index (χ2n) is 10.2. The summed E-state index contributed by atoms with van der Waals surface area (Å²) in [5, 5.41) is 33.0. The second-order valence-corrected chi connectivity index (χ2v) is 10.2. The molecule has 0 fully saturated rings. The van der Waals surface area contributed by atoms with Gasteiger partial charge in [0.05, 0.1) is 21.7 Å². The van der Waals surface area contributed by atoms with Gasteiger partial charge < -0.3 is 20.4 Å². The van der Waals surface area contributed by atoms with E-state index in [1.54, 1.807) is 83.1 Å². The number of hydrogen-bond acceptors (Lipinski definition) is 4. The molecule has 0 aliphatic heterocycles. The predicted octanol–water partition coefficient (Wildman–Crippen LogP) is 4.47. The van der Waals surface area contributed by atoms with Crippen molar-refractivity contribution in [3.63, 3.8) is 0 Å². The summed E-state index contributed by atoms with van der Waals surface area (Å²) in [4.78, 5) is 40.1. The summed E-state index contributed by atoms with van der Waals surface area (Å²) in [6.45, 7) is 19.9. The molecule has 8 nitrogen and oxygen atoms in total. The van der Waals surface area contributed by atoms with E-state index in [2.05, 4.69) is 0 Å². The van der Waals surface area contributed by atoms with E-state index in [0.717, 1.165) is 0 Å². The van der Waals surface area contributed by atoms with Crippen molar-refractivity contribution >= 4 is 23.9 Å². The van der Waals surface area contributed by atoms with Crippen molar-refractivity contribution in [2.24, 2.45) is 21.7 Å². The number of carboxylic acids is 4. The zero-order chi connectivity index (χ0) is 24.3. The largest absolute Gasteiger partial charge is 0.481 e. The van der Waals surface area contributed by atoms with Crippen molar-refractivity contribution in [3.05, 3.63) is 0 Å². The van der Waals surface area contributed by atoms with E-state index in [1.807, 2.05) is 0 Å². The van der Waals surface area contributed by atoms with Crippen LogP contribution in [-0.4, -0.2) is 44.3 Å². The molecule has 0 aliphatic carbocycles. The fourth-order valence-corrected chi connectivity index (χ4v) is 0. The molecule has 0 aromatic heterocycles. The molecule has 0 rings (SSSR count). The molecule has 0 saturated heterocycles. The van der Waals surface area contributed by atoms with Crippen molar-refractivity contribution in [1.29, 1.82) is 0 Å². The first-order valence-electron chi connectivity index (χ1n) is 8.71. The van der Waals surface area contributed by atoms with E-state index in [-0.39, 0.29) is 21.1 Å². The Hall–Kier alpha value is -1.43. The molecule has 0 spiro atoms. The molecule has 0 saturated carbocycles. The van der Waals surface area contributed by atoms with Crippen LogP contribution >= 0.6 is 0 Å². The third-order valence-electron chi connectivity index (χ3n) is 2.57. The molecule has 0 heterocycles. The molecule has 0 bridgehead atoms. The second kappa shape index (κ2) is 14.5. The zero-order valence-corrected chi connectivity index (χ0v) is 22.0. The fraction of sp³-hybridized carbons (Fsp3) is 0.800. The maximum Gasteiger partial charge on any atom is 0.308 e. The first-order chi connectivity index (χ1) is 11.8. The van der Waals surface area contributed by atoms with Crippen LogP contribution in [0.2, 0.25) is 0 Å². The predicted molar refractivity (Wildman–Crippen MR) is 108 cm³/mol. The van der Waals surface area contributed by atoms with Crippen molar-refractivity contribution in [2.45, 2.75) is 83.1 Å². The van der Waals surface area contributed by atoms with Crippen LogP contribution in [-0.2, 0) is 40.2 Å². The van der Waals surface area contributed by atoms with Crippen molar-refractivity contribution in [3.8, 4) is 0 Å². The van der Waals surface area contributed by atoms with Gasteiger partial charge in [0.15, 0.2) is 0 Å². The van der Waals surface area contributed by atoms with Gasteiger partial charge >= 0.3 is 23.9 Å². The van der Waals surface area contributed by atoms with E-state index >= 15 is 0 Å². The zero-order valence-electron chi connectivity index (χ0n) is 19.7. The minimum Gasteiger partial charge on any atom is -0.481 e. The van der Waals surface area contributed by atoms with Crippen LogP contribution in [0.3, 0.4) is 0 Å². The average molecular weight is 604 g/mol. The summed E-state index contributed by atoms with van der Waals surface area (Å²) in [6, 6.07) is 0. The maximum atomic E-state index is 10.0. The third-order valence-corrected chi connectivity index (χ3v) is 2.57. The van der Waals surface area contributed by atoms with Crippen LogP contribution in [0, 0.1) is 21.7 Å². The van der Waals surface area contributed by atoms with E-state index in [4.69, 9.17) is 20.4 Å². The normalized spacial score (nSPS) is 10.9. The Morgan fingerprint density at radius 2 is 0.414 bits per heavy atom. The van der Waals surface area contributed by atoms with Gasteiger partial charge in [-0.2, -0.15) is 0 Å². The maximum absolute atomic E-state index is 10.0. The van der Waals surface area contributed by atoms with E-state index in [9.17, 15) is 19.2 Å². The van der Waals surface area contributed by atoms with Crippen LogP contribution in [0.1, 0.15) is 83.1 Å². The monoisotopic (exact) mass is 603 g/mol. The SMILES string of the molecule is CC(C)(C)C(=O)O.CC(C)(C)C(=O)O.CC(C)(C)C(=O)O.CC(C)(C)C(=O)O.[Pt]. The number of carboxylic acid groups (broad SMARTS) is 4. The summed E-state index contributed by atoms with van der Waals surface area (Å²) < 4.78 is 0. The number of carbonyl (C=O) groups is 4. The van der Waals surface area contributed by atoms with Gasteiger partial charge in [0.2, 0.25) is 0 Å². The Bertz CT molecular complexity index is 417. The summed E-state index contributed by atoms with van der Waals surface area (Å²) in [5.74, 6) is -3.03. The molecule has 4 N–H and O–H groups in total. The van der Waals surface area contributed by atoms with Gasteiger partial charge in [-0.3, -0.25) is 19.2 Å². The molecular formula is C20H40O8Pt. The Morgan fingerprint density at radius 3 is 0.414 bits per heavy atom. The molecule has 0 radical (unpaired) electrons. The summed E-state index contributed by atoms with van der Waals surface area (Å²) >= 11 is 0. The molecule has 178 valence electrons. The molecule has 0 aliphatic rings. The van der Waals surface area contributed by atoms with Crippen LogP contribution in [0.5, 0.6) is 0 Å². The van der Waals surface area contributed by atoms with Crippen molar-refractivity contribution in [1.82, 2.24) is 0 Å². The van der Waals surface area contributed by atoms with Gasteiger partial charge in [-0.25, -0.2) is 0 Å². The van der Waals surface area contributed by atoms with Gasteiger partial charge in [0.25, 0.3) is 0 Å². The van der Waals surface area contributed by atoms with E-state index in [0.29, 0.717) is 0 Å². The summed E-state index contributed by atoms with van der Waals surface area (Å²) in [5.41, 5.74) is -2.33. The number of aliphatic carboxylic acids is 4. The minimum absolute atomic E-state index is 0. The minimum atomic E-state index is -0.757. The van der Waals surface area contributed by atoms with Gasteiger partial charge in [0, 0.05) is 21.1 Å². The quantitative estimate of drug-likeness (QED) is 0.317. The first kappa shape index (κ1) is 38.2. The molecule has 0 atom stereocenters. The molecule has 29 heavy (non-hydrogen) atoms. The Labute approximate surface area is 189 Å². The van der Waals surface area contributed by atoms with Gasteiger partial charge in [0.1, 0.15) is 0 Å². The van der Waals surface area contributed by atoms with E-state index in [1.165, 1.54) is 0 Å². The van der Waals surface area contributed by atoms with Gasteiger partial charge in [-0.1, -0.05) is 0 Å².